The van der Waals surface area contributed by atoms with Crippen LogP contribution in [0.25, 0.3) is 42.1 Å². The normalized spacial score (nSPS) is 12.6. The summed E-state index contributed by atoms with van der Waals surface area (Å²) >= 11 is 1.85. The van der Waals surface area contributed by atoms with Crippen molar-refractivity contribution in [3.8, 4) is 22.6 Å². The van der Waals surface area contributed by atoms with Crippen LogP contribution >= 0.6 is 11.3 Å². The monoisotopic (exact) mass is 744 g/mol. The number of hydrogen-bond donors (Lipinski definition) is 0. The second-order valence-electron chi connectivity index (χ2n) is 14.9. The maximum Gasteiger partial charge on any atom is 0.257 e. The van der Waals surface area contributed by atoms with Gasteiger partial charge in [-0.2, -0.15) is 0 Å². The van der Waals surface area contributed by atoms with E-state index in [1.807, 2.05) is 11.3 Å². The number of rotatable bonds is 5. The zero-order valence-electron chi connectivity index (χ0n) is 30.8. The number of fused-ring (bicyclic) bond motifs is 9. The Hall–Kier alpha value is -7.08. The van der Waals surface area contributed by atoms with Gasteiger partial charge in [-0.05, 0) is 111 Å². The number of anilines is 6. The molecule has 266 valence electrons. The summed E-state index contributed by atoms with van der Waals surface area (Å²) in [7, 11) is 0. The summed E-state index contributed by atoms with van der Waals surface area (Å²) in [6.45, 7) is -0.0119. The molecular weight excluding hydrogens is 711 g/mol. The largest absolute Gasteiger partial charge is 0.458 e. The molecule has 2 aliphatic rings. The van der Waals surface area contributed by atoms with Gasteiger partial charge < -0.3 is 14.5 Å². The van der Waals surface area contributed by atoms with Crippen LogP contribution in [-0.2, 0) is 0 Å². The maximum atomic E-state index is 7.04. The highest BCUT2D eigenvalue weighted by atomic mass is 32.1. The lowest BCUT2D eigenvalue weighted by Gasteiger charge is -2.40. The zero-order chi connectivity index (χ0) is 37.5. The van der Waals surface area contributed by atoms with Crippen molar-refractivity contribution in [1.29, 1.82) is 0 Å². The minimum Gasteiger partial charge on any atom is -0.458 e. The van der Waals surface area contributed by atoms with E-state index in [9.17, 15) is 0 Å². The third-order valence-corrected chi connectivity index (χ3v) is 12.9. The molecule has 0 fully saturated rings. The number of ether oxygens (including phenoxy) is 1. The molecule has 12 rings (SSSR count). The minimum absolute atomic E-state index is 0.0119. The predicted molar refractivity (Wildman–Crippen MR) is 243 cm³/mol. The first-order valence-corrected chi connectivity index (χ1v) is 20.3. The fourth-order valence-electron chi connectivity index (χ4n) is 9.17. The second-order valence-corrected chi connectivity index (χ2v) is 15.9. The Kier molecular flexibility index (Phi) is 7.19. The Balaban J connectivity index is 1.05. The molecule has 0 unspecified atom stereocenters. The lowest BCUT2D eigenvalue weighted by molar-refractivity contribution is 0.487. The van der Waals surface area contributed by atoms with E-state index >= 15 is 0 Å². The summed E-state index contributed by atoms with van der Waals surface area (Å²) in [4.78, 5) is 4.78. The molecule has 0 bridgehead atoms. The summed E-state index contributed by atoms with van der Waals surface area (Å²) in [5.41, 5.74) is 12.8. The SMILES string of the molecule is c1ccc(-c2ccc(N(c3ccc4c(c3)Oc3cccc5c3B4c3c(ccc4ccccc34)N5c3ccccc3)c3ccc4sc5ccccc5c4c3)cc2)cc1. The van der Waals surface area contributed by atoms with Crippen LogP contribution in [0.2, 0.25) is 0 Å². The molecule has 3 heterocycles. The van der Waals surface area contributed by atoms with Gasteiger partial charge in [-0.15, -0.1) is 11.3 Å². The van der Waals surface area contributed by atoms with E-state index in [1.54, 1.807) is 0 Å². The van der Waals surface area contributed by atoms with E-state index in [4.69, 9.17) is 4.74 Å². The third-order valence-electron chi connectivity index (χ3n) is 11.7. The van der Waals surface area contributed by atoms with E-state index in [0.29, 0.717) is 0 Å². The standard InChI is InChI=1S/C52H33BN2OS/c1-3-12-34(13-4-1)35-22-25-38(26-23-35)54(39-28-31-50-43(32-39)42-18-9-10-21-49(42)57-50)40-27-29-44-48(33-40)56-47-20-11-19-45-52(47)53(44)51-41-17-8-7-14-36(41)24-30-46(51)55(45)37-15-5-2-6-16-37/h1-33H. The van der Waals surface area contributed by atoms with Crippen LogP contribution in [0.3, 0.4) is 0 Å². The number of hydrogen-bond acceptors (Lipinski definition) is 4. The van der Waals surface area contributed by atoms with Gasteiger partial charge in [-0.3, -0.25) is 0 Å². The van der Waals surface area contributed by atoms with Crippen molar-refractivity contribution in [2.45, 2.75) is 0 Å². The molecule has 1 aromatic heterocycles. The minimum atomic E-state index is -0.0119. The molecule has 10 aromatic rings. The molecule has 0 saturated heterocycles. The van der Waals surface area contributed by atoms with Crippen LogP contribution in [0, 0.1) is 0 Å². The van der Waals surface area contributed by atoms with E-state index in [1.165, 1.54) is 64.1 Å². The molecule has 9 aromatic carbocycles. The van der Waals surface area contributed by atoms with E-state index < -0.39 is 0 Å². The second kappa shape index (κ2) is 12.7. The van der Waals surface area contributed by atoms with E-state index in [0.717, 1.165) is 39.9 Å². The quantitative estimate of drug-likeness (QED) is 0.163. The molecule has 0 atom stereocenters. The smallest absolute Gasteiger partial charge is 0.257 e. The summed E-state index contributed by atoms with van der Waals surface area (Å²) in [5.74, 6) is 1.77. The van der Waals surface area contributed by atoms with Crippen molar-refractivity contribution < 1.29 is 4.74 Å². The number of nitrogens with zero attached hydrogens (tertiary/aromatic N) is 2. The first kappa shape index (κ1) is 32.2. The van der Waals surface area contributed by atoms with Gasteiger partial charge in [0, 0.05) is 60.4 Å². The van der Waals surface area contributed by atoms with Crippen LogP contribution < -0.4 is 30.9 Å². The van der Waals surface area contributed by atoms with Gasteiger partial charge in [0.05, 0.1) is 0 Å². The fourth-order valence-corrected chi connectivity index (χ4v) is 10.3. The first-order valence-electron chi connectivity index (χ1n) is 19.5. The molecule has 3 nitrogen and oxygen atoms in total. The Morgan fingerprint density at radius 1 is 0.439 bits per heavy atom. The van der Waals surface area contributed by atoms with Gasteiger partial charge in [0.15, 0.2) is 0 Å². The van der Waals surface area contributed by atoms with Crippen molar-refractivity contribution in [1.82, 2.24) is 0 Å². The average Bonchev–Trinajstić information content (AvgIpc) is 3.65. The Bertz CT molecular complexity index is 3180. The van der Waals surface area contributed by atoms with Gasteiger partial charge in [0.1, 0.15) is 11.5 Å². The van der Waals surface area contributed by atoms with Crippen LogP contribution in [0.15, 0.2) is 200 Å². The molecular formula is C52H33BN2OS. The summed E-state index contributed by atoms with van der Waals surface area (Å²) in [6.07, 6.45) is 0. The summed E-state index contributed by atoms with van der Waals surface area (Å²) < 4.78 is 9.63. The highest BCUT2D eigenvalue weighted by Gasteiger charge is 2.42. The highest BCUT2D eigenvalue weighted by Crippen LogP contribution is 2.45. The average molecular weight is 745 g/mol. The van der Waals surface area contributed by atoms with Gasteiger partial charge in [-0.25, -0.2) is 0 Å². The molecule has 57 heavy (non-hydrogen) atoms. The summed E-state index contributed by atoms with van der Waals surface area (Å²) in [5, 5.41) is 5.04. The van der Waals surface area contributed by atoms with Crippen molar-refractivity contribution in [2.24, 2.45) is 0 Å². The van der Waals surface area contributed by atoms with Gasteiger partial charge >= 0.3 is 0 Å². The zero-order valence-corrected chi connectivity index (χ0v) is 31.7. The number of thiophene rings is 1. The van der Waals surface area contributed by atoms with E-state index in [2.05, 4.69) is 210 Å². The molecule has 0 saturated carbocycles. The number of benzene rings is 9. The predicted octanol–water partition coefficient (Wildman–Crippen LogP) is 12.7. The number of para-hydroxylation sites is 1. The molecule has 0 amide bonds. The maximum absolute atomic E-state index is 7.04. The van der Waals surface area contributed by atoms with Gasteiger partial charge in [-0.1, -0.05) is 121 Å². The lowest BCUT2D eigenvalue weighted by atomic mass is 9.33. The molecule has 5 heteroatoms. The molecule has 0 aliphatic carbocycles. The fraction of sp³-hybridized carbons (Fsp3) is 0. The summed E-state index contributed by atoms with van der Waals surface area (Å²) in [6, 6.07) is 72.5. The van der Waals surface area contributed by atoms with Crippen LogP contribution in [-0.4, -0.2) is 6.71 Å². The van der Waals surface area contributed by atoms with Crippen molar-refractivity contribution in [2.75, 3.05) is 9.80 Å². The molecule has 2 aliphatic heterocycles. The van der Waals surface area contributed by atoms with Crippen molar-refractivity contribution >= 4 is 99.5 Å². The van der Waals surface area contributed by atoms with Crippen LogP contribution in [0.4, 0.5) is 34.1 Å². The van der Waals surface area contributed by atoms with Gasteiger partial charge in [0.25, 0.3) is 6.71 Å². The first-order chi connectivity index (χ1) is 28.3. The van der Waals surface area contributed by atoms with Crippen molar-refractivity contribution in [3.63, 3.8) is 0 Å². The van der Waals surface area contributed by atoms with E-state index in [-0.39, 0.29) is 6.71 Å². The van der Waals surface area contributed by atoms with Gasteiger partial charge in [0.2, 0.25) is 0 Å². The highest BCUT2D eigenvalue weighted by molar-refractivity contribution is 7.25. The Morgan fingerprint density at radius 2 is 1.11 bits per heavy atom. The molecule has 0 radical (unpaired) electrons. The molecule has 0 spiro atoms. The molecule has 0 N–H and O–H groups in total. The van der Waals surface area contributed by atoms with Crippen LogP contribution in [0.1, 0.15) is 0 Å². The van der Waals surface area contributed by atoms with Crippen molar-refractivity contribution in [3.05, 3.63) is 200 Å². The topological polar surface area (TPSA) is 15.7 Å². The Morgan fingerprint density at radius 3 is 1.96 bits per heavy atom. The third kappa shape index (κ3) is 5.06. The Labute approximate surface area is 335 Å². The van der Waals surface area contributed by atoms with Crippen LogP contribution in [0.5, 0.6) is 11.5 Å². The lowest BCUT2D eigenvalue weighted by Crippen LogP contribution is -2.59.